The average molecular weight is 178 g/mol. The third-order valence-electron chi connectivity index (χ3n) is 2.81. The molecule has 0 atom stereocenters. The van der Waals surface area contributed by atoms with Crippen molar-refractivity contribution < 1.29 is 0 Å². The summed E-state index contributed by atoms with van der Waals surface area (Å²) in [6.45, 7) is 4.64. The monoisotopic (exact) mass is 178 g/mol. The fourth-order valence-corrected chi connectivity index (χ4v) is 1.92. The summed E-state index contributed by atoms with van der Waals surface area (Å²) in [4.78, 5) is 0. The Bertz CT molecular complexity index is 259. The van der Waals surface area contributed by atoms with Gasteiger partial charge in [0.15, 0.2) is 0 Å². The molecule has 2 nitrogen and oxygen atoms in total. The predicted molar refractivity (Wildman–Crippen MR) is 55.6 cm³/mol. The van der Waals surface area contributed by atoms with Crippen LogP contribution in [0.1, 0.15) is 31.7 Å². The molecular formula is C11H18N2. The molecule has 2 heteroatoms. The van der Waals surface area contributed by atoms with Crippen molar-refractivity contribution in [2.45, 2.75) is 32.6 Å². The number of hydrogen-bond donors (Lipinski definition) is 0. The van der Waals surface area contributed by atoms with Crippen LogP contribution in [-0.2, 0) is 6.42 Å². The Morgan fingerprint density at radius 3 is 2.62 bits per heavy atom. The zero-order valence-corrected chi connectivity index (χ0v) is 8.37. The minimum atomic E-state index is 1.14. The van der Waals surface area contributed by atoms with Gasteiger partial charge in [0, 0.05) is 25.5 Å². The number of piperidine rings is 1. The Morgan fingerprint density at radius 2 is 2.00 bits per heavy atom. The second-order valence-corrected chi connectivity index (χ2v) is 3.77. The Hall–Kier alpha value is -0.920. The molecule has 0 amide bonds. The third-order valence-corrected chi connectivity index (χ3v) is 2.81. The summed E-state index contributed by atoms with van der Waals surface area (Å²) in [6, 6.07) is 2.22. The SMILES string of the molecule is CCc1ccn(N2CCCCC2)c1. The highest BCUT2D eigenvalue weighted by molar-refractivity contribution is 5.12. The molecule has 13 heavy (non-hydrogen) atoms. The van der Waals surface area contributed by atoms with Crippen molar-refractivity contribution in [3.05, 3.63) is 24.0 Å². The van der Waals surface area contributed by atoms with Gasteiger partial charge in [-0.2, -0.15) is 0 Å². The van der Waals surface area contributed by atoms with E-state index >= 15 is 0 Å². The predicted octanol–water partition coefficient (Wildman–Crippen LogP) is 2.17. The Morgan fingerprint density at radius 1 is 1.23 bits per heavy atom. The van der Waals surface area contributed by atoms with Gasteiger partial charge >= 0.3 is 0 Å². The van der Waals surface area contributed by atoms with E-state index in [9.17, 15) is 0 Å². The van der Waals surface area contributed by atoms with E-state index in [4.69, 9.17) is 0 Å². The van der Waals surface area contributed by atoms with Crippen LogP contribution in [0.5, 0.6) is 0 Å². The van der Waals surface area contributed by atoms with Gasteiger partial charge in [0.2, 0.25) is 0 Å². The summed E-state index contributed by atoms with van der Waals surface area (Å²) in [5.41, 5.74) is 1.44. The smallest absolute Gasteiger partial charge is 0.0344 e. The van der Waals surface area contributed by atoms with Crippen LogP contribution < -0.4 is 5.01 Å². The molecule has 2 rings (SSSR count). The fourth-order valence-electron chi connectivity index (χ4n) is 1.92. The molecule has 0 radical (unpaired) electrons. The van der Waals surface area contributed by atoms with Crippen LogP contribution in [0.4, 0.5) is 0 Å². The molecule has 1 saturated heterocycles. The van der Waals surface area contributed by atoms with Gasteiger partial charge in [-0.1, -0.05) is 6.92 Å². The summed E-state index contributed by atoms with van der Waals surface area (Å²) in [5, 5.41) is 2.43. The normalized spacial score (nSPS) is 17.8. The number of hydrogen-bond acceptors (Lipinski definition) is 1. The molecule has 2 heterocycles. The third kappa shape index (κ3) is 1.87. The molecular weight excluding hydrogens is 160 g/mol. The Labute approximate surface area is 80.1 Å². The van der Waals surface area contributed by atoms with Gasteiger partial charge < -0.3 is 5.01 Å². The zero-order chi connectivity index (χ0) is 9.10. The topological polar surface area (TPSA) is 8.17 Å². The molecule has 1 fully saturated rings. The van der Waals surface area contributed by atoms with Crippen LogP contribution in [0.15, 0.2) is 18.5 Å². The van der Waals surface area contributed by atoms with Crippen molar-refractivity contribution in [3.63, 3.8) is 0 Å². The van der Waals surface area contributed by atoms with Crippen LogP contribution in [0.3, 0.4) is 0 Å². The highest BCUT2D eigenvalue weighted by atomic mass is 15.5. The van der Waals surface area contributed by atoms with E-state index in [0.29, 0.717) is 0 Å². The number of aromatic nitrogens is 1. The van der Waals surface area contributed by atoms with E-state index in [1.165, 1.54) is 37.9 Å². The maximum absolute atomic E-state index is 2.43. The van der Waals surface area contributed by atoms with E-state index in [-0.39, 0.29) is 0 Å². The maximum Gasteiger partial charge on any atom is 0.0344 e. The lowest BCUT2D eigenvalue weighted by molar-refractivity contribution is 0.479. The standard InChI is InChI=1S/C11H18N2/c1-2-11-6-9-13(10-11)12-7-4-3-5-8-12/h6,9-10H,2-5,7-8H2,1H3. The number of aryl methyl sites for hydroxylation is 1. The van der Waals surface area contributed by atoms with Crippen molar-refractivity contribution in [2.75, 3.05) is 18.1 Å². The molecule has 0 unspecified atom stereocenters. The lowest BCUT2D eigenvalue weighted by Crippen LogP contribution is -2.38. The van der Waals surface area contributed by atoms with Crippen molar-refractivity contribution in [1.82, 2.24) is 4.68 Å². The molecule has 0 saturated carbocycles. The van der Waals surface area contributed by atoms with Crippen molar-refractivity contribution >= 4 is 0 Å². The van der Waals surface area contributed by atoms with Crippen LogP contribution in [0.25, 0.3) is 0 Å². The highest BCUT2D eigenvalue weighted by Gasteiger charge is 2.09. The van der Waals surface area contributed by atoms with Gasteiger partial charge in [-0.05, 0) is 37.3 Å². The van der Waals surface area contributed by atoms with Crippen LogP contribution in [0, 0.1) is 0 Å². The molecule has 0 spiro atoms. The van der Waals surface area contributed by atoms with Crippen LogP contribution in [-0.4, -0.2) is 17.8 Å². The maximum atomic E-state index is 2.43. The molecule has 0 N–H and O–H groups in total. The fraction of sp³-hybridized carbons (Fsp3) is 0.636. The van der Waals surface area contributed by atoms with Crippen molar-refractivity contribution in [1.29, 1.82) is 0 Å². The minimum absolute atomic E-state index is 1.14. The minimum Gasteiger partial charge on any atom is -0.313 e. The Balaban J connectivity index is 2.05. The molecule has 1 aliphatic rings. The quantitative estimate of drug-likeness (QED) is 0.674. The van der Waals surface area contributed by atoms with Crippen LogP contribution >= 0.6 is 0 Å². The molecule has 1 aromatic rings. The van der Waals surface area contributed by atoms with Crippen molar-refractivity contribution in [2.24, 2.45) is 0 Å². The summed E-state index contributed by atoms with van der Waals surface area (Å²) in [5.74, 6) is 0. The summed E-state index contributed by atoms with van der Waals surface area (Å²) < 4.78 is 2.26. The van der Waals surface area contributed by atoms with Crippen molar-refractivity contribution in [3.8, 4) is 0 Å². The second kappa shape index (κ2) is 3.86. The first-order chi connectivity index (χ1) is 6.40. The first-order valence-corrected chi connectivity index (χ1v) is 5.32. The molecule has 0 aromatic carbocycles. The van der Waals surface area contributed by atoms with Gasteiger partial charge in [0.05, 0.1) is 0 Å². The van der Waals surface area contributed by atoms with Gasteiger partial charge in [-0.3, -0.25) is 4.68 Å². The van der Waals surface area contributed by atoms with Gasteiger partial charge in [0.1, 0.15) is 0 Å². The van der Waals surface area contributed by atoms with E-state index in [1.807, 2.05) is 0 Å². The molecule has 0 bridgehead atoms. The first-order valence-electron chi connectivity index (χ1n) is 5.32. The van der Waals surface area contributed by atoms with E-state index in [2.05, 4.69) is 35.1 Å². The first kappa shape index (κ1) is 8.67. The highest BCUT2D eigenvalue weighted by Crippen LogP contribution is 2.10. The molecule has 0 aliphatic carbocycles. The lowest BCUT2D eigenvalue weighted by Gasteiger charge is -2.29. The summed E-state index contributed by atoms with van der Waals surface area (Å²) in [6.07, 6.45) is 9.67. The second-order valence-electron chi connectivity index (χ2n) is 3.77. The number of nitrogens with zero attached hydrogens (tertiary/aromatic N) is 2. The molecule has 1 aliphatic heterocycles. The molecule has 72 valence electrons. The van der Waals surface area contributed by atoms with Gasteiger partial charge in [-0.15, -0.1) is 0 Å². The summed E-state index contributed by atoms with van der Waals surface area (Å²) in [7, 11) is 0. The average Bonchev–Trinajstić information content (AvgIpc) is 2.67. The van der Waals surface area contributed by atoms with Gasteiger partial charge in [-0.25, -0.2) is 0 Å². The zero-order valence-electron chi connectivity index (χ0n) is 8.37. The largest absolute Gasteiger partial charge is 0.313 e. The van der Waals surface area contributed by atoms with E-state index < -0.39 is 0 Å². The lowest BCUT2D eigenvalue weighted by atomic mass is 10.2. The molecule has 1 aromatic heterocycles. The van der Waals surface area contributed by atoms with E-state index in [0.717, 1.165) is 6.42 Å². The van der Waals surface area contributed by atoms with Crippen LogP contribution in [0.2, 0.25) is 0 Å². The number of rotatable bonds is 2. The Kier molecular flexibility index (Phi) is 2.57. The summed E-state index contributed by atoms with van der Waals surface area (Å²) >= 11 is 0. The van der Waals surface area contributed by atoms with E-state index in [1.54, 1.807) is 0 Å². The van der Waals surface area contributed by atoms with Gasteiger partial charge in [0.25, 0.3) is 0 Å².